The molecular formula is C21H21FN4O2. The van der Waals surface area contributed by atoms with Crippen LogP contribution in [-0.2, 0) is 0 Å². The lowest BCUT2D eigenvalue weighted by Gasteiger charge is -2.15. The Morgan fingerprint density at radius 3 is 2.61 bits per heavy atom. The molecule has 2 aromatic carbocycles. The molecule has 0 aliphatic rings. The third kappa shape index (κ3) is 5.03. The van der Waals surface area contributed by atoms with Crippen molar-refractivity contribution in [2.75, 3.05) is 10.6 Å². The van der Waals surface area contributed by atoms with Gasteiger partial charge in [0.25, 0.3) is 5.91 Å². The van der Waals surface area contributed by atoms with Crippen LogP contribution in [0.4, 0.5) is 21.6 Å². The first kappa shape index (κ1) is 19.3. The number of hydrogen-bond donors (Lipinski definition) is 2. The van der Waals surface area contributed by atoms with E-state index in [2.05, 4.69) is 20.6 Å². The molecule has 0 spiro atoms. The molecule has 0 saturated heterocycles. The first-order valence-electron chi connectivity index (χ1n) is 8.86. The molecule has 0 radical (unpaired) electrons. The standard InChI is InChI=1S/C21H21FN4O2/c1-13(2)28-19-10-5-4-9-17(19)26-20-12-18(23-14(3)24-20)21(27)25-16-8-6-7-15(22)11-16/h4-13H,1-3H3,(H,25,27)(H,23,24,26). The van der Waals surface area contributed by atoms with Crippen molar-refractivity contribution in [2.45, 2.75) is 26.9 Å². The van der Waals surface area contributed by atoms with E-state index in [9.17, 15) is 9.18 Å². The second kappa shape index (κ2) is 8.47. The predicted octanol–water partition coefficient (Wildman–Crippen LogP) is 4.71. The quantitative estimate of drug-likeness (QED) is 0.648. The largest absolute Gasteiger partial charge is 0.489 e. The summed E-state index contributed by atoms with van der Waals surface area (Å²) in [5, 5.41) is 5.80. The number of para-hydroxylation sites is 2. The van der Waals surface area contributed by atoms with E-state index in [4.69, 9.17) is 4.74 Å². The van der Waals surface area contributed by atoms with Gasteiger partial charge in [-0.2, -0.15) is 0 Å². The van der Waals surface area contributed by atoms with Crippen molar-refractivity contribution >= 4 is 23.1 Å². The highest BCUT2D eigenvalue weighted by Gasteiger charge is 2.13. The number of hydrogen-bond acceptors (Lipinski definition) is 5. The van der Waals surface area contributed by atoms with Crippen LogP contribution >= 0.6 is 0 Å². The summed E-state index contributed by atoms with van der Waals surface area (Å²) in [6.45, 7) is 5.58. The summed E-state index contributed by atoms with van der Waals surface area (Å²) in [6.07, 6.45) is 0.0164. The monoisotopic (exact) mass is 380 g/mol. The molecule has 1 amide bonds. The molecule has 3 rings (SSSR count). The lowest BCUT2D eigenvalue weighted by Crippen LogP contribution is -2.15. The zero-order valence-electron chi connectivity index (χ0n) is 15.9. The highest BCUT2D eigenvalue weighted by molar-refractivity contribution is 6.03. The summed E-state index contributed by atoms with van der Waals surface area (Å²) < 4.78 is 19.1. The van der Waals surface area contributed by atoms with Gasteiger partial charge in [-0.1, -0.05) is 18.2 Å². The number of amides is 1. The average molecular weight is 380 g/mol. The number of aryl methyl sites for hydroxylation is 1. The van der Waals surface area contributed by atoms with Gasteiger partial charge in [0.05, 0.1) is 11.8 Å². The Balaban J connectivity index is 1.83. The molecule has 28 heavy (non-hydrogen) atoms. The predicted molar refractivity (Wildman–Crippen MR) is 107 cm³/mol. The van der Waals surface area contributed by atoms with Gasteiger partial charge in [-0.05, 0) is 51.1 Å². The van der Waals surface area contributed by atoms with E-state index in [-0.39, 0.29) is 11.8 Å². The Morgan fingerprint density at radius 1 is 1.07 bits per heavy atom. The summed E-state index contributed by atoms with van der Waals surface area (Å²) in [4.78, 5) is 21.0. The molecule has 0 atom stereocenters. The minimum absolute atomic E-state index is 0.0164. The van der Waals surface area contributed by atoms with Crippen molar-refractivity contribution in [1.82, 2.24) is 9.97 Å². The van der Waals surface area contributed by atoms with Gasteiger partial charge in [0.15, 0.2) is 0 Å². The van der Waals surface area contributed by atoms with Crippen LogP contribution in [0, 0.1) is 12.7 Å². The second-order valence-electron chi connectivity index (χ2n) is 6.44. The van der Waals surface area contributed by atoms with Crippen LogP contribution in [0.1, 0.15) is 30.2 Å². The first-order valence-corrected chi connectivity index (χ1v) is 8.86. The number of carbonyl (C=O) groups excluding carboxylic acids is 1. The normalized spacial score (nSPS) is 10.6. The minimum atomic E-state index is -0.453. The second-order valence-corrected chi connectivity index (χ2v) is 6.44. The van der Waals surface area contributed by atoms with E-state index in [0.717, 1.165) is 5.69 Å². The molecule has 0 unspecified atom stereocenters. The molecule has 0 bridgehead atoms. The van der Waals surface area contributed by atoms with Gasteiger partial charge in [-0.15, -0.1) is 0 Å². The molecule has 3 aromatic rings. The number of nitrogens with one attached hydrogen (secondary N) is 2. The van der Waals surface area contributed by atoms with E-state index in [1.807, 2.05) is 38.1 Å². The number of anilines is 3. The molecule has 144 valence electrons. The van der Waals surface area contributed by atoms with Crippen LogP contribution in [0.2, 0.25) is 0 Å². The van der Waals surface area contributed by atoms with E-state index in [0.29, 0.717) is 23.1 Å². The zero-order valence-corrected chi connectivity index (χ0v) is 15.9. The maximum absolute atomic E-state index is 13.3. The number of rotatable bonds is 6. The zero-order chi connectivity index (χ0) is 20.1. The SMILES string of the molecule is Cc1nc(Nc2ccccc2OC(C)C)cc(C(=O)Nc2cccc(F)c2)n1. The molecule has 0 fully saturated rings. The smallest absolute Gasteiger partial charge is 0.274 e. The number of ether oxygens (including phenoxy) is 1. The maximum atomic E-state index is 13.3. The Kier molecular flexibility index (Phi) is 5.84. The summed E-state index contributed by atoms with van der Waals surface area (Å²) in [6, 6.07) is 14.7. The van der Waals surface area contributed by atoms with Crippen LogP contribution in [0.5, 0.6) is 5.75 Å². The van der Waals surface area contributed by atoms with Crippen LogP contribution in [0.15, 0.2) is 54.6 Å². The Labute approximate surface area is 162 Å². The molecule has 0 aliphatic carbocycles. The van der Waals surface area contributed by atoms with E-state index < -0.39 is 11.7 Å². The third-order valence-electron chi connectivity index (χ3n) is 3.67. The topological polar surface area (TPSA) is 76.1 Å². The van der Waals surface area contributed by atoms with Crippen LogP contribution in [0.25, 0.3) is 0 Å². The van der Waals surface area contributed by atoms with Crippen molar-refractivity contribution in [1.29, 1.82) is 0 Å². The Hall–Kier alpha value is -3.48. The average Bonchev–Trinajstić information content (AvgIpc) is 2.62. The minimum Gasteiger partial charge on any atom is -0.489 e. The molecule has 1 aromatic heterocycles. The summed E-state index contributed by atoms with van der Waals surface area (Å²) >= 11 is 0. The van der Waals surface area contributed by atoms with Crippen molar-refractivity contribution in [3.63, 3.8) is 0 Å². The number of aromatic nitrogens is 2. The first-order chi connectivity index (χ1) is 13.4. The van der Waals surface area contributed by atoms with Gasteiger partial charge in [-0.3, -0.25) is 4.79 Å². The fourth-order valence-electron chi connectivity index (χ4n) is 2.57. The fourth-order valence-corrected chi connectivity index (χ4v) is 2.57. The van der Waals surface area contributed by atoms with Gasteiger partial charge in [0.1, 0.15) is 28.9 Å². The van der Waals surface area contributed by atoms with Gasteiger partial charge >= 0.3 is 0 Å². The Morgan fingerprint density at radius 2 is 1.86 bits per heavy atom. The van der Waals surface area contributed by atoms with Crippen molar-refractivity contribution in [2.24, 2.45) is 0 Å². The van der Waals surface area contributed by atoms with Crippen molar-refractivity contribution in [3.05, 3.63) is 71.9 Å². The summed E-state index contributed by atoms with van der Waals surface area (Å²) in [7, 11) is 0. The lowest BCUT2D eigenvalue weighted by molar-refractivity contribution is 0.102. The van der Waals surface area contributed by atoms with Crippen LogP contribution < -0.4 is 15.4 Å². The van der Waals surface area contributed by atoms with Crippen molar-refractivity contribution in [3.8, 4) is 5.75 Å². The molecule has 1 heterocycles. The summed E-state index contributed by atoms with van der Waals surface area (Å²) in [5.74, 6) is 0.680. The van der Waals surface area contributed by atoms with Crippen LogP contribution in [0.3, 0.4) is 0 Å². The Bertz CT molecular complexity index is 992. The van der Waals surface area contributed by atoms with E-state index in [1.165, 1.54) is 24.3 Å². The number of carbonyl (C=O) groups is 1. The number of nitrogens with zero attached hydrogens (tertiary/aromatic N) is 2. The fraction of sp³-hybridized carbons (Fsp3) is 0.190. The number of halogens is 1. The van der Waals surface area contributed by atoms with E-state index in [1.54, 1.807) is 13.0 Å². The highest BCUT2D eigenvalue weighted by atomic mass is 19.1. The lowest BCUT2D eigenvalue weighted by atomic mass is 10.2. The highest BCUT2D eigenvalue weighted by Crippen LogP contribution is 2.28. The maximum Gasteiger partial charge on any atom is 0.274 e. The summed E-state index contributed by atoms with van der Waals surface area (Å²) in [5.41, 5.74) is 1.25. The van der Waals surface area contributed by atoms with Gasteiger partial charge < -0.3 is 15.4 Å². The molecular weight excluding hydrogens is 359 g/mol. The molecule has 0 saturated carbocycles. The van der Waals surface area contributed by atoms with E-state index >= 15 is 0 Å². The van der Waals surface area contributed by atoms with Gasteiger partial charge in [-0.25, -0.2) is 14.4 Å². The van der Waals surface area contributed by atoms with Crippen LogP contribution in [-0.4, -0.2) is 22.0 Å². The third-order valence-corrected chi connectivity index (χ3v) is 3.67. The van der Waals surface area contributed by atoms with Crippen molar-refractivity contribution < 1.29 is 13.9 Å². The molecule has 6 nitrogen and oxygen atoms in total. The number of benzene rings is 2. The van der Waals surface area contributed by atoms with Gasteiger partial charge in [0.2, 0.25) is 0 Å². The molecule has 0 aliphatic heterocycles. The molecule has 2 N–H and O–H groups in total. The van der Waals surface area contributed by atoms with Gasteiger partial charge in [0, 0.05) is 11.8 Å². The molecule has 7 heteroatoms.